The van der Waals surface area contributed by atoms with Crippen LogP contribution in [0.15, 0.2) is 255 Å². The van der Waals surface area contributed by atoms with Crippen LogP contribution in [0.3, 0.4) is 0 Å². The zero-order valence-corrected chi connectivity index (χ0v) is 40.9. The van der Waals surface area contributed by atoms with Gasteiger partial charge in [-0.3, -0.25) is 0 Å². The van der Waals surface area contributed by atoms with Crippen molar-refractivity contribution >= 4 is 70.4 Å². The molecule has 72 heavy (non-hydrogen) atoms. The van der Waals surface area contributed by atoms with Gasteiger partial charge in [-0.25, -0.2) is 0 Å². The number of para-hydroxylation sites is 1. The molecule has 0 atom stereocenters. The molecule has 0 spiro atoms. The highest BCUT2D eigenvalue weighted by molar-refractivity contribution is 7.25. The lowest BCUT2D eigenvalue weighted by molar-refractivity contribution is 0.660. The number of fused-ring (bicyclic) bond motifs is 9. The zero-order chi connectivity index (χ0) is 47.9. The van der Waals surface area contributed by atoms with E-state index in [1.54, 1.807) is 0 Å². The van der Waals surface area contributed by atoms with E-state index >= 15 is 0 Å². The molecule has 2 aromatic heterocycles. The minimum atomic E-state index is -0.0850. The number of benzene rings is 11. The van der Waals surface area contributed by atoms with Gasteiger partial charge in [-0.1, -0.05) is 190 Å². The van der Waals surface area contributed by atoms with Crippen LogP contribution in [-0.2, 0) is 5.41 Å². The quantitative estimate of drug-likeness (QED) is 0.147. The summed E-state index contributed by atoms with van der Waals surface area (Å²) >= 11 is 1.87. The highest BCUT2D eigenvalue weighted by Crippen LogP contribution is 2.51. The van der Waals surface area contributed by atoms with Crippen LogP contribution in [0.5, 0.6) is 0 Å². The first-order chi connectivity index (χ1) is 35.4. The maximum Gasteiger partial charge on any atom is 0.0547 e. The van der Waals surface area contributed by atoms with Gasteiger partial charge in [-0.05, 0) is 146 Å². The lowest BCUT2D eigenvalue weighted by Gasteiger charge is -2.28. The largest absolute Gasteiger partial charge is 0.310 e. The fraction of sp³-hybridized carbons (Fsp3) is 0.0435. The third kappa shape index (κ3) is 6.92. The monoisotopic (exact) mass is 936 g/mol. The summed E-state index contributed by atoms with van der Waals surface area (Å²) in [6, 6.07) is 94.2. The van der Waals surface area contributed by atoms with E-state index in [-0.39, 0.29) is 5.41 Å². The SMILES string of the molecule is CC1(C)c2ccccc2-c2cc(N(c3ccc(-c4cccc(-c5ccc6c7ccccc7n(-c7ccc8c(c7)sc7ccccc78)c6c5)c4)cc3)c3cc(-c4ccccc4)cc(-c4ccccc4)c3)ccc21. The van der Waals surface area contributed by atoms with E-state index in [1.165, 1.54) is 114 Å². The second-order valence-corrected chi connectivity index (χ2v) is 20.8. The van der Waals surface area contributed by atoms with E-state index in [1.807, 2.05) is 11.3 Å². The molecule has 0 N–H and O–H groups in total. The number of hydrogen-bond donors (Lipinski definition) is 0. The van der Waals surface area contributed by atoms with E-state index in [0.29, 0.717) is 0 Å². The van der Waals surface area contributed by atoms with Crippen LogP contribution in [0.2, 0.25) is 0 Å². The van der Waals surface area contributed by atoms with Gasteiger partial charge in [0.15, 0.2) is 0 Å². The van der Waals surface area contributed by atoms with Crippen molar-refractivity contribution in [3.05, 3.63) is 266 Å². The van der Waals surface area contributed by atoms with Crippen molar-refractivity contribution < 1.29 is 0 Å². The molecule has 0 amide bonds. The molecule has 0 saturated heterocycles. The van der Waals surface area contributed by atoms with E-state index < -0.39 is 0 Å². The molecule has 13 aromatic rings. The van der Waals surface area contributed by atoms with E-state index in [2.05, 4.69) is 278 Å². The predicted octanol–water partition coefficient (Wildman–Crippen LogP) is 19.6. The molecule has 0 fully saturated rings. The highest BCUT2D eigenvalue weighted by Gasteiger charge is 2.35. The van der Waals surface area contributed by atoms with Crippen molar-refractivity contribution in [1.82, 2.24) is 4.57 Å². The van der Waals surface area contributed by atoms with E-state index in [4.69, 9.17) is 0 Å². The maximum atomic E-state index is 2.45. The number of aromatic nitrogens is 1. The molecule has 3 heteroatoms. The Morgan fingerprint density at radius 3 is 1.64 bits per heavy atom. The Hall–Kier alpha value is -8.76. The number of hydrogen-bond acceptors (Lipinski definition) is 2. The van der Waals surface area contributed by atoms with Gasteiger partial charge in [0.25, 0.3) is 0 Å². The van der Waals surface area contributed by atoms with Crippen LogP contribution < -0.4 is 4.90 Å². The predicted molar refractivity (Wildman–Crippen MR) is 308 cm³/mol. The van der Waals surface area contributed by atoms with Gasteiger partial charge in [-0.15, -0.1) is 11.3 Å². The molecule has 11 aromatic carbocycles. The van der Waals surface area contributed by atoms with Gasteiger partial charge in [0.1, 0.15) is 0 Å². The number of nitrogens with zero attached hydrogens (tertiary/aromatic N) is 2. The van der Waals surface area contributed by atoms with Gasteiger partial charge in [0, 0.05) is 59.1 Å². The van der Waals surface area contributed by atoms with Crippen molar-refractivity contribution in [3.63, 3.8) is 0 Å². The summed E-state index contributed by atoms with van der Waals surface area (Å²) in [4.78, 5) is 2.44. The second-order valence-electron chi connectivity index (χ2n) is 19.7. The van der Waals surface area contributed by atoms with Crippen molar-refractivity contribution in [2.75, 3.05) is 4.90 Å². The lowest BCUT2D eigenvalue weighted by Crippen LogP contribution is -2.15. The number of anilines is 3. The summed E-state index contributed by atoms with van der Waals surface area (Å²) in [6.45, 7) is 4.70. The first-order valence-electron chi connectivity index (χ1n) is 24.9. The van der Waals surface area contributed by atoms with Gasteiger partial charge in [-0.2, -0.15) is 0 Å². The van der Waals surface area contributed by atoms with Gasteiger partial charge in [0.05, 0.1) is 11.0 Å². The van der Waals surface area contributed by atoms with E-state index in [9.17, 15) is 0 Å². The molecular weight excluding hydrogens is 889 g/mol. The van der Waals surface area contributed by atoms with Gasteiger partial charge in [0.2, 0.25) is 0 Å². The topological polar surface area (TPSA) is 8.17 Å². The van der Waals surface area contributed by atoms with Crippen LogP contribution in [0.1, 0.15) is 25.0 Å². The Labute approximate surface area is 424 Å². The number of thiophene rings is 1. The molecule has 0 unspecified atom stereocenters. The van der Waals surface area contributed by atoms with Crippen LogP contribution in [0, 0.1) is 0 Å². The molecule has 2 nitrogen and oxygen atoms in total. The Bertz CT molecular complexity index is 4180. The smallest absolute Gasteiger partial charge is 0.0547 e. The van der Waals surface area contributed by atoms with Crippen molar-refractivity contribution in [2.45, 2.75) is 19.3 Å². The molecule has 2 heterocycles. The Morgan fingerprint density at radius 2 is 0.861 bits per heavy atom. The Morgan fingerprint density at radius 1 is 0.319 bits per heavy atom. The average Bonchev–Trinajstić information content (AvgIpc) is 4.06. The summed E-state index contributed by atoms with van der Waals surface area (Å²) in [6.07, 6.45) is 0. The first kappa shape index (κ1) is 42.1. The highest BCUT2D eigenvalue weighted by atomic mass is 32.1. The normalized spacial score (nSPS) is 12.7. The van der Waals surface area contributed by atoms with Gasteiger partial charge >= 0.3 is 0 Å². The third-order valence-corrected chi connectivity index (χ3v) is 16.3. The molecule has 340 valence electrons. The fourth-order valence-electron chi connectivity index (χ4n) is 11.6. The lowest BCUT2D eigenvalue weighted by atomic mass is 9.82. The van der Waals surface area contributed by atoms with Crippen LogP contribution >= 0.6 is 11.3 Å². The summed E-state index contributed by atoms with van der Waals surface area (Å²) in [5, 5.41) is 5.14. The molecular formula is C69H48N2S. The second kappa shape index (κ2) is 16.7. The van der Waals surface area contributed by atoms with Crippen LogP contribution in [0.4, 0.5) is 17.1 Å². The minimum absolute atomic E-state index is 0.0850. The molecule has 0 saturated carbocycles. The zero-order valence-electron chi connectivity index (χ0n) is 40.1. The minimum Gasteiger partial charge on any atom is -0.310 e. The molecule has 1 aliphatic rings. The van der Waals surface area contributed by atoms with Crippen LogP contribution in [-0.4, -0.2) is 4.57 Å². The average molecular weight is 937 g/mol. The molecule has 0 bridgehead atoms. The fourth-order valence-corrected chi connectivity index (χ4v) is 12.7. The van der Waals surface area contributed by atoms with Crippen molar-refractivity contribution in [3.8, 4) is 61.3 Å². The molecule has 0 aliphatic heterocycles. The molecule has 0 radical (unpaired) electrons. The van der Waals surface area contributed by atoms with Crippen molar-refractivity contribution in [1.29, 1.82) is 0 Å². The summed E-state index contributed by atoms with van der Waals surface area (Å²) in [5.74, 6) is 0. The summed E-state index contributed by atoms with van der Waals surface area (Å²) < 4.78 is 5.07. The maximum absolute atomic E-state index is 2.45. The van der Waals surface area contributed by atoms with Gasteiger partial charge < -0.3 is 9.47 Å². The van der Waals surface area contributed by atoms with Crippen molar-refractivity contribution in [2.24, 2.45) is 0 Å². The summed E-state index contributed by atoms with van der Waals surface area (Å²) in [5.41, 5.74) is 21.6. The number of rotatable bonds is 8. The standard InChI is InChI=1S/C69H48N2S/c1-69(2)63-25-12-9-22-57(63)62-43-54(34-37-64(62)69)70(56-40-51(45-16-5-3-6-17-45)39-52(41-56)46-18-7-4-8-19-46)53-31-28-47(29-32-53)48-20-15-21-49(38-48)50-30-35-59-58-23-10-13-26-65(58)71(66(59)42-50)55-33-36-61-60-24-11-14-27-67(60)72-68(61)44-55/h3-44H,1-2H3. The molecule has 14 rings (SSSR count). The molecule has 1 aliphatic carbocycles. The Kier molecular flexibility index (Phi) is 9.77. The first-order valence-corrected chi connectivity index (χ1v) is 25.7. The third-order valence-electron chi connectivity index (χ3n) is 15.2. The summed E-state index contributed by atoms with van der Waals surface area (Å²) in [7, 11) is 0. The van der Waals surface area contributed by atoms with E-state index in [0.717, 1.165) is 17.1 Å². The van der Waals surface area contributed by atoms with Crippen LogP contribution in [0.25, 0.3) is 103 Å². The Balaban J connectivity index is 0.873.